The number of hydrogen-bond donors (Lipinski definition) is 3. The monoisotopic (exact) mass is 236 g/mol. The van der Waals surface area contributed by atoms with Crippen molar-refractivity contribution in [1.82, 2.24) is 4.98 Å². The molecule has 3 rings (SSSR count). The van der Waals surface area contributed by atoms with Crippen LogP contribution >= 0.6 is 11.6 Å². The van der Waals surface area contributed by atoms with Crippen molar-refractivity contribution >= 4 is 28.2 Å². The summed E-state index contributed by atoms with van der Waals surface area (Å²) in [4.78, 5) is 3.11. The van der Waals surface area contributed by atoms with E-state index in [9.17, 15) is 5.11 Å². The Kier molecular flexibility index (Phi) is 2.04. The maximum atomic E-state index is 9.90. The van der Waals surface area contributed by atoms with E-state index in [2.05, 4.69) is 10.3 Å². The molecule has 2 heterocycles. The zero-order valence-corrected chi connectivity index (χ0v) is 9.73. The van der Waals surface area contributed by atoms with Crippen LogP contribution in [0.3, 0.4) is 0 Å². The summed E-state index contributed by atoms with van der Waals surface area (Å²) in [6.07, 6.45) is 1.92. The number of phenols is 1. The predicted octanol–water partition coefficient (Wildman–Crippen LogP) is 2.93. The summed E-state index contributed by atoms with van der Waals surface area (Å²) in [6, 6.07) is 1.78. The smallest absolute Gasteiger partial charge is 0.141 e. The summed E-state index contributed by atoms with van der Waals surface area (Å²) in [7, 11) is 0. The summed E-state index contributed by atoms with van der Waals surface area (Å²) < 4.78 is 0. The number of hydrogen-bond acceptors (Lipinski definition) is 2. The lowest BCUT2D eigenvalue weighted by atomic mass is 9.97. The first-order valence-electron chi connectivity index (χ1n) is 5.35. The molecule has 1 aliphatic rings. The first-order chi connectivity index (χ1) is 7.72. The summed E-state index contributed by atoms with van der Waals surface area (Å²) in [5, 5.41) is 14.3. The highest BCUT2D eigenvalue weighted by atomic mass is 35.5. The van der Waals surface area contributed by atoms with Crippen molar-refractivity contribution in [2.24, 2.45) is 0 Å². The number of aromatic amines is 1. The molecule has 0 bridgehead atoms. The van der Waals surface area contributed by atoms with Crippen LogP contribution in [0.15, 0.2) is 12.3 Å². The fourth-order valence-corrected chi connectivity index (χ4v) is 2.79. The molecule has 0 saturated heterocycles. The molecule has 0 saturated carbocycles. The highest BCUT2D eigenvalue weighted by molar-refractivity contribution is 6.18. The molecule has 4 heteroatoms. The Hall–Kier alpha value is -1.35. The lowest BCUT2D eigenvalue weighted by Gasteiger charge is -2.09. The second-order valence-corrected chi connectivity index (χ2v) is 4.62. The Morgan fingerprint density at radius 1 is 1.56 bits per heavy atom. The van der Waals surface area contributed by atoms with Gasteiger partial charge in [0.15, 0.2) is 0 Å². The number of halogens is 1. The first-order valence-corrected chi connectivity index (χ1v) is 5.89. The number of aromatic hydroxyl groups is 1. The lowest BCUT2D eigenvalue weighted by molar-refractivity contribution is 0.481. The van der Waals surface area contributed by atoms with Crippen LogP contribution in [0.4, 0.5) is 5.69 Å². The minimum Gasteiger partial charge on any atom is -0.506 e. The van der Waals surface area contributed by atoms with Crippen molar-refractivity contribution < 1.29 is 5.11 Å². The van der Waals surface area contributed by atoms with Gasteiger partial charge in [0.2, 0.25) is 0 Å². The van der Waals surface area contributed by atoms with E-state index in [0.717, 1.165) is 28.7 Å². The molecule has 0 aliphatic carbocycles. The molecule has 0 unspecified atom stereocenters. The van der Waals surface area contributed by atoms with E-state index < -0.39 is 0 Å². The largest absolute Gasteiger partial charge is 0.506 e. The zero-order chi connectivity index (χ0) is 11.3. The zero-order valence-electron chi connectivity index (χ0n) is 8.97. The fraction of sp³-hybridized carbons (Fsp3) is 0.333. The quantitative estimate of drug-likeness (QED) is 0.667. The van der Waals surface area contributed by atoms with Crippen LogP contribution in [0.1, 0.15) is 17.0 Å². The van der Waals surface area contributed by atoms with Crippen LogP contribution in [-0.4, -0.2) is 22.5 Å². The van der Waals surface area contributed by atoms with Gasteiger partial charge in [-0.25, -0.2) is 0 Å². The summed E-state index contributed by atoms with van der Waals surface area (Å²) >= 11 is 5.98. The Morgan fingerprint density at radius 2 is 2.38 bits per heavy atom. The first kappa shape index (κ1) is 9.85. The van der Waals surface area contributed by atoms with Crippen LogP contribution < -0.4 is 5.32 Å². The molecule has 2 aromatic rings. The molecule has 0 fully saturated rings. The van der Waals surface area contributed by atoms with Crippen molar-refractivity contribution in [1.29, 1.82) is 0 Å². The Bertz CT molecular complexity index is 562. The molecule has 16 heavy (non-hydrogen) atoms. The maximum Gasteiger partial charge on any atom is 0.141 e. The summed E-state index contributed by atoms with van der Waals surface area (Å²) in [5.74, 6) is 1.23. The molecule has 1 aromatic carbocycles. The molecule has 0 radical (unpaired) electrons. The van der Waals surface area contributed by atoms with Crippen molar-refractivity contribution in [2.45, 2.75) is 12.8 Å². The number of alkyl halides is 1. The normalized spacial score (nSPS) is 18.8. The van der Waals surface area contributed by atoms with Gasteiger partial charge in [0, 0.05) is 41.7 Å². The molecule has 3 nitrogen and oxygen atoms in total. The Balaban J connectivity index is 2.40. The molecule has 3 N–H and O–H groups in total. The van der Waals surface area contributed by atoms with E-state index in [0.29, 0.717) is 17.5 Å². The highest BCUT2D eigenvalue weighted by Crippen LogP contribution is 2.42. The van der Waals surface area contributed by atoms with Crippen molar-refractivity contribution in [2.75, 3.05) is 17.7 Å². The Labute approximate surface area is 98.4 Å². The molecule has 84 valence electrons. The van der Waals surface area contributed by atoms with E-state index in [1.54, 1.807) is 6.07 Å². The van der Waals surface area contributed by atoms with Gasteiger partial charge >= 0.3 is 0 Å². The van der Waals surface area contributed by atoms with Crippen molar-refractivity contribution in [3.63, 3.8) is 0 Å². The van der Waals surface area contributed by atoms with Gasteiger partial charge < -0.3 is 15.4 Å². The van der Waals surface area contributed by atoms with Gasteiger partial charge in [-0.1, -0.05) is 0 Å². The number of H-pyrrole nitrogens is 1. The van der Waals surface area contributed by atoms with Crippen LogP contribution in [0.2, 0.25) is 0 Å². The molecular formula is C12H13ClN2O. The van der Waals surface area contributed by atoms with Crippen molar-refractivity contribution in [3.8, 4) is 5.75 Å². The Morgan fingerprint density at radius 3 is 3.12 bits per heavy atom. The molecule has 1 atom stereocenters. The van der Waals surface area contributed by atoms with Gasteiger partial charge in [-0.05, 0) is 18.1 Å². The van der Waals surface area contributed by atoms with Crippen LogP contribution in [-0.2, 0) is 0 Å². The number of aryl methyl sites for hydroxylation is 1. The predicted molar refractivity (Wildman–Crippen MR) is 66.7 cm³/mol. The third-order valence-electron chi connectivity index (χ3n) is 3.31. The number of anilines is 1. The van der Waals surface area contributed by atoms with Gasteiger partial charge in [-0.3, -0.25) is 0 Å². The number of phenolic OH excluding ortho intramolecular Hbond substituents is 1. The number of benzene rings is 1. The fourth-order valence-electron chi connectivity index (χ4n) is 2.53. The van der Waals surface area contributed by atoms with Gasteiger partial charge in [-0.15, -0.1) is 11.6 Å². The minimum absolute atomic E-state index is 0.296. The number of rotatable bonds is 1. The number of nitrogens with one attached hydrogen (secondary N) is 2. The van der Waals surface area contributed by atoms with Gasteiger partial charge in [0.1, 0.15) is 5.75 Å². The summed E-state index contributed by atoms with van der Waals surface area (Å²) in [5.41, 5.74) is 4.22. The standard InChI is InChI=1S/C12H13ClN2O/c1-6-4-15-12-9(16)2-8-11(10(6)12)7(3-13)5-14-8/h2,4,7,14-16H,3,5H2,1H3/t7-/m1/s1. The van der Waals surface area contributed by atoms with E-state index in [1.807, 2.05) is 13.1 Å². The summed E-state index contributed by atoms with van der Waals surface area (Å²) in [6.45, 7) is 2.89. The van der Waals surface area contributed by atoms with Crippen LogP contribution in [0, 0.1) is 6.92 Å². The van der Waals surface area contributed by atoms with Crippen LogP contribution in [0.5, 0.6) is 5.75 Å². The topological polar surface area (TPSA) is 48.0 Å². The third kappa shape index (κ3) is 1.15. The third-order valence-corrected chi connectivity index (χ3v) is 3.68. The maximum absolute atomic E-state index is 9.90. The van der Waals surface area contributed by atoms with E-state index in [4.69, 9.17) is 11.6 Å². The molecular weight excluding hydrogens is 224 g/mol. The van der Waals surface area contributed by atoms with E-state index in [1.165, 1.54) is 5.56 Å². The van der Waals surface area contributed by atoms with E-state index >= 15 is 0 Å². The SMILES string of the molecule is Cc1c[nH]c2c(O)cc3c(c12)[C@H](CCl)CN3. The minimum atomic E-state index is 0.296. The highest BCUT2D eigenvalue weighted by Gasteiger charge is 2.26. The lowest BCUT2D eigenvalue weighted by Crippen LogP contribution is -2.02. The molecule has 1 aromatic heterocycles. The van der Waals surface area contributed by atoms with Gasteiger partial charge in [-0.2, -0.15) is 0 Å². The van der Waals surface area contributed by atoms with Gasteiger partial charge in [0.25, 0.3) is 0 Å². The average molecular weight is 237 g/mol. The number of aromatic nitrogens is 1. The average Bonchev–Trinajstić information content (AvgIpc) is 2.82. The molecule has 0 amide bonds. The number of fused-ring (bicyclic) bond motifs is 3. The van der Waals surface area contributed by atoms with Gasteiger partial charge in [0.05, 0.1) is 5.52 Å². The van der Waals surface area contributed by atoms with Crippen LogP contribution in [0.25, 0.3) is 10.9 Å². The molecule has 0 spiro atoms. The molecule has 1 aliphatic heterocycles. The van der Waals surface area contributed by atoms with Crippen molar-refractivity contribution in [3.05, 3.63) is 23.4 Å². The second-order valence-electron chi connectivity index (χ2n) is 4.31. The second kappa shape index (κ2) is 3.32. The van der Waals surface area contributed by atoms with E-state index in [-0.39, 0.29) is 0 Å².